The zero-order valence-corrected chi connectivity index (χ0v) is 9.68. The van der Waals surface area contributed by atoms with Gasteiger partial charge in [-0.3, -0.25) is 14.4 Å². The predicted octanol–water partition coefficient (Wildman–Crippen LogP) is -0.556. The predicted molar refractivity (Wildman–Crippen MR) is 58.0 cm³/mol. The summed E-state index contributed by atoms with van der Waals surface area (Å²) in [6.45, 7) is 0.0121. The Morgan fingerprint density at radius 2 is 1.94 bits per heavy atom. The monoisotopic (exact) mass is 240 g/mol. The lowest BCUT2D eigenvalue weighted by Crippen LogP contribution is -2.40. The fourth-order valence-corrected chi connectivity index (χ4v) is 1.82. The third-order valence-electron chi connectivity index (χ3n) is 3.12. The van der Waals surface area contributed by atoms with Gasteiger partial charge in [-0.2, -0.15) is 0 Å². The quantitative estimate of drug-likeness (QED) is 0.674. The molecule has 0 aromatic rings. The molecule has 2 unspecified atom stereocenters. The second kappa shape index (κ2) is 4.35. The number of hydrogen-bond acceptors (Lipinski definition) is 3. The molecule has 0 bridgehead atoms. The van der Waals surface area contributed by atoms with Crippen molar-refractivity contribution in [1.82, 2.24) is 10.2 Å². The first-order chi connectivity index (χ1) is 7.99. The van der Waals surface area contributed by atoms with Crippen molar-refractivity contribution in [3.8, 4) is 0 Å². The molecule has 0 heterocycles. The van der Waals surface area contributed by atoms with Crippen LogP contribution in [0.5, 0.6) is 0 Å². The second-order valence-corrected chi connectivity index (χ2v) is 4.82. The van der Waals surface area contributed by atoms with Crippen molar-refractivity contribution in [2.75, 3.05) is 13.6 Å². The minimum absolute atomic E-state index is 0.0121. The van der Waals surface area contributed by atoms with E-state index < -0.39 is 17.8 Å². The summed E-state index contributed by atoms with van der Waals surface area (Å²) in [5.41, 5.74) is 0. The Morgan fingerprint density at radius 3 is 2.41 bits per heavy atom. The van der Waals surface area contributed by atoms with E-state index in [2.05, 4.69) is 5.32 Å². The van der Waals surface area contributed by atoms with Crippen LogP contribution < -0.4 is 5.32 Å². The average Bonchev–Trinajstić information content (AvgIpc) is 3.09. The van der Waals surface area contributed by atoms with Gasteiger partial charge in [0, 0.05) is 13.1 Å². The van der Waals surface area contributed by atoms with Crippen LogP contribution in [0.25, 0.3) is 0 Å². The lowest BCUT2D eigenvalue weighted by molar-refractivity contribution is -0.142. The summed E-state index contributed by atoms with van der Waals surface area (Å²) >= 11 is 0. The van der Waals surface area contributed by atoms with Crippen molar-refractivity contribution >= 4 is 17.8 Å². The van der Waals surface area contributed by atoms with E-state index in [-0.39, 0.29) is 24.4 Å². The van der Waals surface area contributed by atoms with E-state index in [0.29, 0.717) is 6.42 Å². The Balaban J connectivity index is 1.75. The maximum absolute atomic E-state index is 11.7. The molecule has 17 heavy (non-hydrogen) atoms. The van der Waals surface area contributed by atoms with Crippen LogP contribution in [-0.4, -0.2) is 47.4 Å². The number of nitrogens with one attached hydrogen (secondary N) is 1. The molecule has 2 atom stereocenters. The van der Waals surface area contributed by atoms with Crippen molar-refractivity contribution in [3.63, 3.8) is 0 Å². The van der Waals surface area contributed by atoms with Crippen LogP contribution in [0.1, 0.15) is 19.3 Å². The molecule has 6 nitrogen and oxygen atoms in total. The SMILES string of the molecule is CN(CC(=O)NC1CC1)C(=O)C1CC1C(=O)O. The molecule has 2 aliphatic rings. The Labute approximate surface area is 99.0 Å². The standard InChI is InChI=1S/C11H16N2O4/c1-13(5-9(14)12-6-2-3-6)10(15)7-4-8(7)11(16)17/h6-8H,2-5H2,1H3,(H,12,14)(H,16,17). The molecule has 0 spiro atoms. The number of carbonyl (C=O) groups is 3. The number of carboxylic acid groups (broad SMARTS) is 1. The topological polar surface area (TPSA) is 86.7 Å². The van der Waals surface area contributed by atoms with Crippen molar-refractivity contribution in [2.24, 2.45) is 11.8 Å². The molecule has 2 fully saturated rings. The first kappa shape index (κ1) is 11.9. The normalized spacial score (nSPS) is 26.2. The lowest BCUT2D eigenvalue weighted by atomic mass is 10.3. The van der Waals surface area contributed by atoms with E-state index >= 15 is 0 Å². The fraction of sp³-hybridized carbons (Fsp3) is 0.727. The summed E-state index contributed by atoms with van der Waals surface area (Å²) < 4.78 is 0. The molecule has 2 aliphatic carbocycles. The highest BCUT2D eigenvalue weighted by Crippen LogP contribution is 2.39. The maximum Gasteiger partial charge on any atom is 0.307 e. The van der Waals surface area contributed by atoms with Crippen LogP contribution in [0.2, 0.25) is 0 Å². The van der Waals surface area contributed by atoms with Crippen LogP contribution in [-0.2, 0) is 14.4 Å². The maximum atomic E-state index is 11.7. The molecule has 0 aliphatic heterocycles. The molecule has 2 saturated carbocycles. The van der Waals surface area contributed by atoms with Crippen molar-refractivity contribution in [3.05, 3.63) is 0 Å². The summed E-state index contributed by atoms with van der Waals surface area (Å²) in [6, 6.07) is 0.277. The Hall–Kier alpha value is -1.59. The van der Waals surface area contributed by atoms with E-state index in [1.165, 1.54) is 11.9 Å². The zero-order valence-electron chi connectivity index (χ0n) is 9.68. The summed E-state index contributed by atoms with van der Waals surface area (Å²) in [6.07, 6.45) is 2.41. The number of rotatable bonds is 5. The van der Waals surface area contributed by atoms with Gasteiger partial charge in [0.25, 0.3) is 0 Å². The van der Waals surface area contributed by atoms with E-state index in [9.17, 15) is 14.4 Å². The van der Waals surface area contributed by atoms with Crippen LogP contribution in [0.15, 0.2) is 0 Å². The highest BCUT2D eigenvalue weighted by molar-refractivity contribution is 5.91. The minimum Gasteiger partial charge on any atom is -0.481 e. The summed E-state index contributed by atoms with van der Waals surface area (Å²) in [5, 5.41) is 11.5. The third kappa shape index (κ3) is 2.95. The van der Waals surface area contributed by atoms with Gasteiger partial charge in [0.05, 0.1) is 18.4 Å². The van der Waals surface area contributed by atoms with Gasteiger partial charge in [-0.05, 0) is 19.3 Å². The Bertz CT molecular complexity index is 364. The largest absolute Gasteiger partial charge is 0.481 e. The van der Waals surface area contributed by atoms with Crippen molar-refractivity contribution < 1.29 is 19.5 Å². The number of hydrogen-bond donors (Lipinski definition) is 2. The number of carbonyl (C=O) groups excluding carboxylic acids is 2. The van der Waals surface area contributed by atoms with Gasteiger partial charge < -0.3 is 15.3 Å². The first-order valence-corrected chi connectivity index (χ1v) is 5.76. The molecule has 2 rings (SSSR count). The Morgan fingerprint density at radius 1 is 1.29 bits per heavy atom. The highest BCUT2D eigenvalue weighted by Gasteiger charge is 2.49. The first-order valence-electron chi connectivity index (χ1n) is 5.76. The van der Waals surface area contributed by atoms with Crippen LogP contribution >= 0.6 is 0 Å². The number of nitrogens with zero attached hydrogens (tertiary/aromatic N) is 1. The minimum atomic E-state index is -0.931. The fourth-order valence-electron chi connectivity index (χ4n) is 1.82. The molecule has 94 valence electrons. The van der Waals surface area contributed by atoms with Gasteiger partial charge in [-0.15, -0.1) is 0 Å². The Kier molecular flexibility index (Phi) is 3.04. The van der Waals surface area contributed by atoms with Gasteiger partial charge in [-0.25, -0.2) is 0 Å². The zero-order chi connectivity index (χ0) is 12.6. The van der Waals surface area contributed by atoms with Gasteiger partial charge in [-0.1, -0.05) is 0 Å². The van der Waals surface area contributed by atoms with E-state index in [4.69, 9.17) is 5.11 Å². The van der Waals surface area contributed by atoms with E-state index in [1.807, 2.05) is 0 Å². The molecule has 0 radical (unpaired) electrons. The molecular weight excluding hydrogens is 224 g/mol. The molecule has 0 aromatic carbocycles. The lowest BCUT2D eigenvalue weighted by Gasteiger charge is -2.16. The number of aliphatic carboxylic acids is 1. The van der Waals surface area contributed by atoms with Crippen LogP contribution in [0.4, 0.5) is 0 Å². The highest BCUT2D eigenvalue weighted by atomic mass is 16.4. The van der Waals surface area contributed by atoms with Crippen LogP contribution in [0, 0.1) is 11.8 Å². The molecular formula is C11H16N2O4. The van der Waals surface area contributed by atoms with Crippen molar-refractivity contribution in [2.45, 2.75) is 25.3 Å². The number of likely N-dealkylation sites (N-methyl/N-ethyl adjacent to an activating group) is 1. The smallest absolute Gasteiger partial charge is 0.307 e. The van der Waals surface area contributed by atoms with E-state index in [0.717, 1.165) is 12.8 Å². The summed E-state index contributed by atoms with van der Waals surface area (Å²) in [4.78, 5) is 35.1. The molecule has 0 saturated heterocycles. The van der Waals surface area contributed by atoms with E-state index in [1.54, 1.807) is 0 Å². The summed E-state index contributed by atoms with van der Waals surface area (Å²) in [5.74, 6) is -2.35. The second-order valence-electron chi connectivity index (χ2n) is 4.82. The van der Waals surface area contributed by atoms with Gasteiger partial charge in [0.1, 0.15) is 0 Å². The molecule has 0 aromatic heterocycles. The van der Waals surface area contributed by atoms with Gasteiger partial charge >= 0.3 is 5.97 Å². The molecule has 2 amide bonds. The molecule has 6 heteroatoms. The number of amides is 2. The summed E-state index contributed by atoms with van der Waals surface area (Å²) in [7, 11) is 1.53. The van der Waals surface area contributed by atoms with Crippen molar-refractivity contribution in [1.29, 1.82) is 0 Å². The average molecular weight is 240 g/mol. The van der Waals surface area contributed by atoms with Gasteiger partial charge in [0.15, 0.2) is 0 Å². The number of carboxylic acids is 1. The van der Waals surface area contributed by atoms with Crippen LogP contribution in [0.3, 0.4) is 0 Å². The third-order valence-corrected chi connectivity index (χ3v) is 3.12. The van der Waals surface area contributed by atoms with Gasteiger partial charge in [0.2, 0.25) is 11.8 Å². The molecule has 2 N–H and O–H groups in total.